The number of nitrogens with zero attached hydrogens (tertiary/aromatic N) is 1. The first kappa shape index (κ1) is 13.3. The van der Waals surface area contributed by atoms with Crippen molar-refractivity contribution in [3.8, 4) is 5.75 Å². The molecule has 1 aromatic rings. The van der Waals surface area contributed by atoms with Gasteiger partial charge in [0.05, 0.1) is 7.11 Å². The van der Waals surface area contributed by atoms with Gasteiger partial charge in [-0.3, -0.25) is 4.90 Å². The zero-order valence-corrected chi connectivity index (χ0v) is 11.0. The van der Waals surface area contributed by atoms with Crippen LogP contribution in [0.5, 0.6) is 5.75 Å². The third-order valence-electron chi connectivity index (χ3n) is 3.68. The smallest absolute Gasteiger partial charge is 0.165 e. The monoisotopic (exact) mass is 252 g/mol. The number of likely N-dealkylation sites (tertiary alicyclic amines) is 1. The third kappa shape index (κ3) is 3.00. The number of hydrogen-bond acceptors (Lipinski definition) is 3. The van der Waals surface area contributed by atoms with E-state index in [1.807, 2.05) is 6.07 Å². The van der Waals surface area contributed by atoms with E-state index in [4.69, 9.17) is 10.5 Å². The minimum Gasteiger partial charge on any atom is -0.494 e. The molecule has 1 aliphatic heterocycles. The standard InChI is InChI=1S/C14H21FN2O/c1-10-8-17(6-5-13(10)16)9-11-3-4-14(18-2)12(15)7-11/h3-4,7,10,13H,5-6,8-9,16H2,1-2H3. The van der Waals surface area contributed by atoms with E-state index in [1.54, 1.807) is 12.1 Å². The van der Waals surface area contributed by atoms with Gasteiger partial charge in [-0.2, -0.15) is 0 Å². The first-order valence-corrected chi connectivity index (χ1v) is 6.40. The Morgan fingerprint density at radius 3 is 2.89 bits per heavy atom. The number of methoxy groups -OCH3 is 1. The summed E-state index contributed by atoms with van der Waals surface area (Å²) in [6.45, 7) is 4.91. The van der Waals surface area contributed by atoms with Crippen LogP contribution in [0.1, 0.15) is 18.9 Å². The topological polar surface area (TPSA) is 38.5 Å². The molecule has 3 nitrogen and oxygen atoms in total. The SMILES string of the molecule is COc1ccc(CN2CCC(N)C(C)C2)cc1F. The van der Waals surface area contributed by atoms with Crippen molar-refractivity contribution >= 4 is 0 Å². The van der Waals surface area contributed by atoms with Gasteiger partial charge in [0.1, 0.15) is 0 Å². The molecule has 2 unspecified atom stereocenters. The third-order valence-corrected chi connectivity index (χ3v) is 3.68. The van der Waals surface area contributed by atoms with E-state index in [1.165, 1.54) is 7.11 Å². The summed E-state index contributed by atoms with van der Waals surface area (Å²) in [5.74, 6) is 0.506. The van der Waals surface area contributed by atoms with E-state index in [0.717, 1.165) is 31.6 Å². The molecular weight excluding hydrogens is 231 g/mol. The lowest BCUT2D eigenvalue weighted by Gasteiger charge is -2.35. The molecule has 2 rings (SSSR count). The summed E-state index contributed by atoms with van der Waals surface area (Å²) in [6, 6.07) is 5.46. The van der Waals surface area contributed by atoms with Crippen LogP contribution >= 0.6 is 0 Å². The molecule has 100 valence electrons. The van der Waals surface area contributed by atoms with Crippen LogP contribution in [0.15, 0.2) is 18.2 Å². The van der Waals surface area contributed by atoms with E-state index in [2.05, 4.69) is 11.8 Å². The maximum absolute atomic E-state index is 13.6. The lowest BCUT2D eigenvalue weighted by molar-refractivity contribution is 0.157. The van der Waals surface area contributed by atoms with Crippen LogP contribution < -0.4 is 10.5 Å². The van der Waals surface area contributed by atoms with E-state index >= 15 is 0 Å². The molecule has 0 radical (unpaired) electrons. The van der Waals surface area contributed by atoms with Crippen molar-refractivity contribution in [2.24, 2.45) is 11.7 Å². The van der Waals surface area contributed by atoms with E-state index in [9.17, 15) is 4.39 Å². The second kappa shape index (κ2) is 5.67. The molecular formula is C14H21FN2O. The quantitative estimate of drug-likeness (QED) is 0.894. The molecule has 0 aliphatic carbocycles. The van der Waals surface area contributed by atoms with Gasteiger partial charge in [-0.15, -0.1) is 0 Å². The molecule has 2 atom stereocenters. The van der Waals surface area contributed by atoms with Crippen LogP contribution in [0.3, 0.4) is 0 Å². The van der Waals surface area contributed by atoms with Crippen LogP contribution in [0.25, 0.3) is 0 Å². The zero-order chi connectivity index (χ0) is 13.1. The van der Waals surface area contributed by atoms with Crippen molar-refractivity contribution in [2.75, 3.05) is 20.2 Å². The fourth-order valence-electron chi connectivity index (χ4n) is 2.46. The number of hydrogen-bond donors (Lipinski definition) is 1. The number of rotatable bonds is 3. The fourth-order valence-corrected chi connectivity index (χ4v) is 2.46. The molecule has 1 saturated heterocycles. The summed E-state index contributed by atoms with van der Waals surface area (Å²) in [6.07, 6.45) is 1.01. The minimum absolute atomic E-state index is 0.295. The van der Waals surface area contributed by atoms with Gasteiger partial charge in [-0.1, -0.05) is 13.0 Å². The largest absolute Gasteiger partial charge is 0.494 e. The van der Waals surface area contributed by atoms with Gasteiger partial charge in [0, 0.05) is 19.1 Å². The van der Waals surface area contributed by atoms with Crippen molar-refractivity contribution < 1.29 is 9.13 Å². The molecule has 1 aliphatic rings. The lowest BCUT2D eigenvalue weighted by atomic mass is 9.94. The molecule has 1 fully saturated rings. The Hall–Kier alpha value is -1.13. The van der Waals surface area contributed by atoms with Crippen molar-refractivity contribution in [3.05, 3.63) is 29.6 Å². The molecule has 4 heteroatoms. The van der Waals surface area contributed by atoms with Gasteiger partial charge in [0.2, 0.25) is 0 Å². The predicted octanol–water partition coefficient (Wildman–Crippen LogP) is 2.00. The van der Waals surface area contributed by atoms with Gasteiger partial charge in [-0.25, -0.2) is 4.39 Å². The predicted molar refractivity (Wildman–Crippen MR) is 70.0 cm³/mol. The van der Waals surface area contributed by atoms with Gasteiger partial charge in [-0.05, 0) is 36.6 Å². The van der Waals surface area contributed by atoms with E-state index in [0.29, 0.717) is 17.7 Å². The van der Waals surface area contributed by atoms with Crippen molar-refractivity contribution in [2.45, 2.75) is 25.9 Å². The van der Waals surface area contributed by atoms with Gasteiger partial charge in [0.25, 0.3) is 0 Å². The molecule has 0 bridgehead atoms. The highest BCUT2D eigenvalue weighted by Crippen LogP contribution is 2.21. The van der Waals surface area contributed by atoms with E-state index in [-0.39, 0.29) is 5.82 Å². The summed E-state index contributed by atoms with van der Waals surface area (Å²) in [7, 11) is 1.48. The maximum atomic E-state index is 13.6. The molecule has 2 N–H and O–H groups in total. The average molecular weight is 252 g/mol. The number of nitrogens with two attached hydrogens (primary N) is 1. The Bertz CT molecular complexity index is 411. The summed E-state index contributed by atoms with van der Waals surface area (Å²) < 4.78 is 18.5. The zero-order valence-electron chi connectivity index (χ0n) is 11.0. The number of ether oxygens (including phenoxy) is 1. The molecule has 0 spiro atoms. The van der Waals surface area contributed by atoms with Crippen LogP contribution in [-0.4, -0.2) is 31.1 Å². The Balaban J connectivity index is 1.99. The molecule has 18 heavy (non-hydrogen) atoms. The summed E-state index contributed by atoms with van der Waals surface area (Å²) in [5, 5.41) is 0. The highest BCUT2D eigenvalue weighted by molar-refractivity contribution is 5.29. The average Bonchev–Trinajstić information content (AvgIpc) is 2.34. The summed E-state index contributed by atoms with van der Waals surface area (Å²) in [5.41, 5.74) is 6.98. The highest BCUT2D eigenvalue weighted by atomic mass is 19.1. The van der Waals surface area contributed by atoms with Crippen LogP contribution in [0, 0.1) is 11.7 Å². The number of piperidine rings is 1. The first-order valence-electron chi connectivity index (χ1n) is 6.40. The van der Waals surface area contributed by atoms with Gasteiger partial charge in [0.15, 0.2) is 11.6 Å². The highest BCUT2D eigenvalue weighted by Gasteiger charge is 2.23. The van der Waals surface area contributed by atoms with Crippen molar-refractivity contribution in [1.82, 2.24) is 4.90 Å². The Kier molecular flexibility index (Phi) is 4.19. The summed E-state index contributed by atoms with van der Waals surface area (Å²) >= 11 is 0. The van der Waals surface area contributed by atoms with Crippen LogP contribution in [-0.2, 0) is 6.54 Å². The molecule has 0 aromatic heterocycles. The normalized spacial score (nSPS) is 25.1. The van der Waals surface area contributed by atoms with Crippen LogP contribution in [0.2, 0.25) is 0 Å². The van der Waals surface area contributed by atoms with Crippen molar-refractivity contribution in [3.63, 3.8) is 0 Å². The van der Waals surface area contributed by atoms with Gasteiger partial charge < -0.3 is 10.5 Å². The fraction of sp³-hybridized carbons (Fsp3) is 0.571. The number of halogens is 1. The van der Waals surface area contributed by atoms with E-state index < -0.39 is 0 Å². The minimum atomic E-state index is -0.295. The van der Waals surface area contributed by atoms with Crippen molar-refractivity contribution in [1.29, 1.82) is 0 Å². The molecule has 0 amide bonds. The lowest BCUT2D eigenvalue weighted by Crippen LogP contribution is -2.45. The molecule has 1 heterocycles. The maximum Gasteiger partial charge on any atom is 0.165 e. The second-order valence-corrected chi connectivity index (χ2v) is 5.13. The Morgan fingerprint density at radius 2 is 2.28 bits per heavy atom. The second-order valence-electron chi connectivity index (χ2n) is 5.13. The first-order chi connectivity index (χ1) is 8.60. The Labute approximate surface area is 108 Å². The Morgan fingerprint density at radius 1 is 1.50 bits per heavy atom. The number of benzene rings is 1. The van der Waals surface area contributed by atoms with Gasteiger partial charge >= 0.3 is 0 Å². The molecule has 1 aromatic carbocycles. The molecule has 0 saturated carbocycles. The van der Waals surface area contributed by atoms with Crippen LogP contribution in [0.4, 0.5) is 4.39 Å². The summed E-state index contributed by atoms with van der Waals surface area (Å²) in [4.78, 5) is 2.33.